The Hall–Kier alpha value is 0.310. The topological polar surface area (TPSA) is 3.24 Å². The third kappa shape index (κ3) is 3.33. The second-order valence-corrected chi connectivity index (χ2v) is 2.88. The van der Waals surface area contributed by atoms with Gasteiger partial charge >= 0.3 is 0 Å². The molecule has 0 aromatic carbocycles. The third-order valence-corrected chi connectivity index (χ3v) is 2.16. The molecule has 0 fully saturated rings. The van der Waals surface area contributed by atoms with Crippen molar-refractivity contribution < 1.29 is 0 Å². The number of hydrogen-bond donors (Lipinski definition) is 0. The molecule has 0 N–H and O–H groups in total. The Morgan fingerprint density at radius 2 is 1.62 bits per heavy atom. The molecule has 0 aromatic heterocycles. The maximum Gasteiger partial charge on any atom is 0.00607 e. The first kappa shape index (κ1) is 8.31. The van der Waals surface area contributed by atoms with Crippen molar-refractivity contribution in [2.45, 2.75) is 20.8 Å². The summed E-state index contributed by atoms with van der Waals surface area (Å²) in [5, 5.41) is 0. The van der Waals surface area contributed by atoms with Crippen LogP contribution in [0.3, 0.4) is 0 Å². The number of hydrogen-bond acceptors (Lipinski definition) is 2. The summed E-state index contributed by atoms with van der Waals surface area (Å²) in [4.78, 5) is 0. The molecule has 0 radical (unpaired) electrons. The van der Waals surface area contributed by atoms with E-state index in [-0.39, 0.29) is 0 Å². The minimum atomic E-state index is 1.16. The van der Waals surface area contributed by atoms with Gasteiger partial charge < -0.3 is 0 Å². The van der Waals surface area contributed by atoms with Crippen molar-refractivity contribution >= 4 is 11.9 Å². The normalized spacial score (nSPS) is 10.5. The molecule has 0 saturated carbocycles. The van der Waals surface area contributed by atoms with Gasteiger partial charge in [-0.3, -0.25) is 4.31 Å². The highest BCUT2D eigenvalue weighted by molar-refractivity contribution is 7.96. The van der Waals surface area contributed by atoms with E-state index in [4.69, 9.17) is 0 Å². The van der Waals surface area contributed by atoms with Crippen LogP contribution >= 0.6 is 11.9 Å². The average Bonchev–Trinajstić information content (AvgIpc) is 1.83. The molecule has 50 valence electrons. The molecular formula is C6H15NS. The van der Waals surface area contributed by atoms with Gasteiger partial charge in [-0.25, -0.2) is 0 Å². The SMILES string of the molecule is CCSN(CC)CC. The Balaban J connectivity index is 3.07. The molecule has 0 saturated heterocycles. The molecule has 0 aromatic rings. The molecule has 0 aliphatic rings. The first-order chi connectivity index (χ1) is 3.85. The van der Waals surface area contributed by atoms with E-state index in [2.05, 4.69) is 25.1 Å². The highest BCUT2D eigenvalue weighted by Crippen LogP contribution is 2.05. The van der Waals surface area contributed by atoms with E-state index >= 15 is 0 Å². The fourth-order valence-electron chi connectivity index (χ4n) is 0.589. The minimum absolute atomic E-state index is 1.16. The minimum Gasteiger partial charge on any atom is -0.251 e. The highest BCUT2D eigenvalue weighted by Gasteiger charge is 1.93. The first-order valence-corrected chi connectivity index (χ1v) is 4.17. The van der Waals surface area contributed by atoms with Crippen LogP contribution in [0.15, 0.2) is 0 Å². The average molecular weight is 133 g/mol. The van der Waals surface area contributed by atoms with Gasteiger partial charge in [0.25, 0.3) is 0 Å². The van der Waals surface area contributed by atoms with Gasteiger partial charge in [-0.15, -0.1) is 0 Å². The lowest BCUT2D eigenvalue weighted by molar-refractivity contribution is 0.525. The van der Waals surface area contributed by atoms with Gasteiger partial charge in [0.15, 0.2) is 0 Å². The van der Waals surface area contributed by atoms with Crippen LogP contribution in [-0.4, -0.2) is 23.1 Å². The van der Waals surface area contributed by atoms with Crippen LogP contribution in [0.5, 0.6) is 0 Å². The molecule has 0 aliphatic carbocycles. The molecule has 0 aliphatic heterocycles. The van der Waals surface area contributed by atoms with Crippen LogP contribution in [0, 0.1) is 0 Å². The van der Waals surface area contributed by atoms with Gasteiger partial charge in [-0.1, -0.05) is 32.7 Å². The molecule has 0 unspecified atom stereocenters. The summed E-state index contributed by atoms with van der Waals surface area (Å²) >= 11 is 1.91. The van der Waals surface area contributed by atoms with E-state index in [1.54, 1.807) is 0 Å². The van der Waals surface area contributed by atoms with Crippen molar-refractivity contribution in [1.82, 2.24) is 4.31 Å². The van der Waals surface area contributed by atoms with Crippen LogP contribution < -0.4 is 0 Å². The molecule has 0 atom stereocenters. The van der Waals surface area contributed by atoms with Crippen molar-refractivity contribution in [2.24, 2.45) is 0 Å². The Kier molecular flexibility index (Phi) is 5.66. The fraction of sp³-hybridized carbons (Fsp3) is 1.00. The molecule has 0 bridgehead atoms. The molecular weight excluding hydrogens is 118 g/mol. The summed E-state index contributed by atoms with van der Waals surface area (Å²) < 4.78 is 2.35. The molecule has 0 spiro atoms. The van der Waals surface area contributed by atoms with Crippen LogP contribution in [0.1, 0.15) is 20.8 Å². The predicted molar refractivity (Wildman–Crippen MR) is 41.1 cm³/mol. The smallest absolute Gasteiger partial charge is 0.00607 e. The molecule has 8 heavy (non-hydrogen) atoms. The second-order valence-electron chi connectivity index (χ2n) is 1.53. The third-order valence-electron chi connectivity index (χ3n) is 1.02. The molecule has 1 nitrogen and oxygen atoms in total. The van der Waals surface area contributed by atoms with Crippen LogP contribution in [0.4, 0.5) is 0 Å². The highest BCUT2D eigenvalue weighted by atomic mass is 32.2. The van der Waals surface area contributed by atoms with Crippen molar-refractivity contribution in [3.8, 4) is 0 Å². The summed E-state index contributed by atoms with van der Waals surface area (Å²) in [6.07, 6.45) is 0. The van der Waals surface area contributed by atoms with Crippen molar-refractivity contribution in [2.75, 3.05) is 18.8 Å². The molecule has 2 heteroatoms. The van der Waals surface area contributed by atoms with E-state index in [9.17, 15) is 0 Å². The molecule has 0 rings (SSSR count). The van der Waals surface area contributed by atoms with E-state index in [1.807, 2.05) is 11.9 Å². The van der Waals surface area contributed by atoms with E-state index in [0.717, 1.165) is 13.1 Å². The summed E-state index contributed by atoms with van der Waals surface area (Å²) in [6, 6.07) is 0. The Labute approximate surface area is 56.6 Å². The monoisotopic (exact) mass is 133 g/mol. The Morgan fingerprint density at radius 1 is 1.12 bits per heavy atom. The van der Waals surface area contributed by atoms with Crippen LogP contribution in [-0.2, 0) is 0 Å². The lowest BCUT2D eigenvalue weighted by Crippen LogP contribution is -2.13. The fourth-order valence-corrected chi connectivity index (χ4v) is 1.32. The van der Waals surface area contributed by atoms with Crippen molar-refractivity contribution in [3.63, 3.8) is 0 Å². The Bertz CT molecular complexity index is 43.8. The summed E-state index contributed by atoms with van der Waals surface area (Å²) in [6.45, 7) is 8.88. The maximum atomic E-state index is 2.35. The largest absolute Gasteiger partial charge is 0.251 e. The van der Waals surface area contributed by atoms with Crippen molar-refractivity contribution in [1.29, 1.82) is 0 Å². The first-order valence-electron chi connectivity index (χ1n) is 3.23. The van der Waals surface area contributed by atoms with Crippen molar-refractivity contribution in [3.05, 3.63) is 0 Å². The van der Waals surface area contributed by atoms with Gasteiger partial charge in [0.05, 0.1) is 0 Å². The number of nitrogens with zero attached hydrogens (tertiary/aromatic N) is 1. The predicted octanol–water partition coefficient (Wildman–Crippen LogP) is 2.00. The zero-order valence-electron chi connectivity index (χ0n) is 5.98. The van der Waals surface area contributed by atoms with E-state index < -0.39 is 0 Å². The van der Waals surface area contributed by atoms with Gasteiger partial charge in [-0.05, 0) is 0 Å². The zero-order chi connectivity index (χ0) is 6.41. The van der Waals surface area contributed by atoms with E-state index in [1.165, 1.54) is 5.75 Å². The molecule has 0 heterocycles. The van der Waals surface area contributed by atoms with Crippen LogP contribution in [0.2, 0.25) is 0 Å². The quantitative estimate of drug-likeness (QED) is 0.540. The Morgan fingerprint density at radius 3 is 1.75 bits per heavy atom. The lowest BCUT2D eigenvalue weighted by Gasteiger charge is -2.14. The molecule has 0 amide bonds. The van der Waals surface area contributed by atoms with E-state index in [0.29, 0.717) is 0 Å². The summed E-state index contributed by atoms with van der Waals surface area (Å²) in [5.41, 5.74) is 0. The maximum absolute atomic E-state index is 2.35. The van der Waals surface area contributed by atoms with Gasteiger partial charge in [0.1, 0.15) is 0 Å². The lowest BCUT2D eigenvalue weighted by atomic mass is 10.7. The standard InChI is InChI=1S/C6H15NS/c1-4-7(5-2)8-6-3/h4-6H2,1-3H3. The number of rotatable bonds is 4. The zero-order valence-corrected chi connectivity index (χ0v) is 6.79. The van der Waals surface area contributed by atoms with Gasteiger partial charge in [0, 0.05) is 18.8 Å². The van der Waals surface area contributed by atoms with Crippen LogP contribution in [0.25, 0.3) is 0 Å². The summed E-state index contributed by atoms with van der Waals surface area (Å²) in [5.74, 6) is 1.20. The van der Waals surface area contributed by atoms with Gasteiger partial charge in [0.2, 0.25) is 0 Å². The second kappa shape index (κ2) is 5.45. The van der Waals surface area contributed by atoms with Gasteiger partial charge in [-0.2, -0.15) is 0 Å². The summed E-state index contributed by atoms with van der Waals surface area (Å²) in [7, 11) is 0.